The summed E-state index contributed by atoms with van der Waals surface area (Å²) >= 11 is 1.79. The van der Waals surface area contributed by atoms with Crippen LogP contribution in [0.2, 0.25) is 0 Å². The molecule has 0 spiro atoms. The Labute approximate surface area is 132 Å². The van der Waals surface area contributed by atoms with Crippen LogP contribution < -0.4 is 5.32 Å². The number of allylic oxidation sites excluding steroid dienone is 2. The van der Waals surface area contributed by atoms with E-state index in [1.54, 1.807) is 23.9 Å². The molecule has 2 nitrogen and oxygen atoms in total. The van der Waals surface area contributed by atoms with Crippen molar-refractivity contribution in [3.8, 4) is 0 Å². The highest BCUT2D eigenvalue weighted by atomic mass is 32.2. The second kappa shape index (κ2) is 7.54. The highest BCUT2D eigenvalue weighted by molar-refractivity contribution is 7.99. The SMILES string of the molecule is CSC1CN=C(/C=C/C=C/c2ccc(C(F)(F)F)cc2)NC1. The number of rotatable bonds is 4. The van der Waals surface area contributed by atoms with Crippen molar-refractivity contribution >= 4 is 23.7 Å². The first-order valence-electron chi connectivity index (χ1n) is 6.82. The monoisotopic (exact) mass is 326 g/mol. The molecule has 6 heteroatoms. The van der Waals surface area contributed by atoms with Gasteiger partial charge in [-0.15, -0.1) is 0 Å². The second-order valence-corrected chi connectivity index (χ2v) is 5.94. The molecule has 0 saturated carbocycles. The summed E-state index contributed by atoms with van der Waals surface area (Å²) in [4.78, 5) is 4.40. The maximum Gasteiger partial charge on any atom is 0.416 e. The number of aliphatic imine (C=N–C) groups is 1. The number of nitrogens with zero attached hydrogens (tertiary/aromatic N) is 1. The van der Waals surface area contributed by atoms with Gasteiger partial charge >= 0.3 is 6.18 Å². The molecule has 1 aromatic carbocycles. The minimum Gasteiger partial charge on any atom is -0.369 e. The lowest BCUT2D eigenvalue weighted by Gasteiger charge is -2.19. The molecule has 2 rings (SSSR count). The van der Waals surface area contributed by atoms with Crippen LogP contribution in [0.15, 0.2) is 47.5 Å². The number of halogens is 3. The van der Waals surface area contributed by atoms with Crippen molar-refractivity contribution in [3.63, 3.8) is 0 Å². The van der Waals surface area contributed by atoms with Gasteiger partial charge in [-0.2, -0.15) is 24.9 Å². The molecule has 1 unspecified atom stereocenters. The van der Waals surface area contributed by atoms with Crippen LogP contribution in [0.1, 0.15) is 11.1 Å². The predicted octanol–water partition coefficient (Wildman–Crippen LogP) is 4.01. The Morgan fingerprint density at radius 3 is 2.41 bits per heavy atom. The summed E-state index contributed by atoms with van der Waals surface area (Å²) in [5, 5.41) is 3.74. The third-order valence-electron chi connectivity index (χ3n) is 3.20. The van der Waals surface area contributed by atoms with E-state index >= 15 is 0 Å². The first kappa shape index (κ1) is 16.7. The van der Waals surface area contributed by atoms with E-state index in [0.29, 0.717) is 5.25 Å². The van der Waals surface area contributed by atoms with E-state index in [9.17, 15) is 13.2 Å². The average Bonchev–Trinajstić information content (AvgIpc) is 2.52. The Bertz CT molecular complexity index is 574. The van der Waals surface area contributed by atoms with Crippen molar-refractivity contribution in [1.29, 1.82) is 0 Å². The van der Waals surface area contributed by atoms with Gasteiger partial charge in [-0.25, -0.2) is 0 Å². The van der Waals surface area contributed by atoms with Crippen LogP contribution in [-0.4, -0.2) is 30.4 Å². The predicted molar refractivity (Wildman–Crippen MR) is 87.2 cm³/mol. The average molecular weight is 326 g/mol. The number of hydrogen-bond donors (Lipinski definition) is 1. The molecule has 22 heavy (non-hydrogen) atoms. The van der Waals surface area contributed by atoms with Gasteiger partial charge in [-0.1, -0.05) is 30.4 Å². The Balaban J connectivity index is 1.90. The fourth-order valence-corrected chi connectivity index (χ4v) is 2.38. The van der Waals surface area contributed by atoms with Gasteiger partial charge in [0, 0.05) is 11.8 Å². The summed E-state index contributed by atoms with van der Waals surface area (Å²) in [6, 6.07) is 5.07. The van der Waals surface area contributed by atoms with Crippen molar-refractivity contribution in [2.24, 2.45) is 4.99 Å². The first-order chi connectivity index (χ1) is 10.5. The molecular weight excluding hydrogens is 309 g/mol. The summed E-state index contributed by atoms with van der Waals surface area (Å²) in [6.07, 6.45) is 5.00. The fourth-order valence-electron chi connectivity index (χ4n) is 1.91. The Hall–Kier alpha value is -1.69. The molecule has 0 bridgehead atoms. The Morgan fingerprint density at radius 2 is 1.86 bits per heavy atom. The molecule has 0 aliphatic carbocycles. The molecule has 0 aromatic heterocycles. The molecule has 1 aliphatic rings. The third kappa shape index (κ3) is 4.94. The summed E-state index contributed by atoms with van der Waals surface area (Å²) < 4.78 is 37.3. The van der Waals surface area contributed by atoms with Gasteiger partial charge in [0.1, 0.15) is 5.84 Å². The molecule has 1 atom stereocenters. The summed E-state index contributed by atoms with van der Waals surface area (Å²) in [7, 11) is 0. The molecule has 0 radical (unpaired) electrons. The van der Waals surface area contributed by atoms with Crippen molar-refractivity contribution in [3.05, 3.63) is 53.6 Å². The first-order valence-corrected chi connectivity index (χ1v) is 8.11. The number of thioether (sulfide) groups is 1. The zero-order valence-electron chi connectivity index (χ0n) is 12.1. The van der Waals surface area contributed by atoms with Crippen LogP contribution in [0.25, 0.3) is 6.08 Å². The molecule has 0 fully saturated rings. The van der Waals surface area contributed by atoms with Crippen LogP contribution >= 0.6 is 11.8 Å². The molecule has 1 N–H and O–H groups in total. The lowest BCUT2D eigenvalue weighted by Crippen LogP contribution is -2.36. The van der Waals surface area contributed by atoms with Gasteiger partial charge in [0.05, 0.1) is 12.1 Å². The lowest BCUT2D eigenvalue weighted by atomic mass is 10.1. The van der Waals surface area contributed by atoms with Gasteiger partial charge in [0.2, 0.25) is 0 Å². The topological polar surface area (TPSA) is 24.4 Å². The third-order valence-corrected chi connectivity index (χ3v) is 4.18. The smallest absolute Gasteiger partial charge is 0.369 e. The number of alkyl halides is 3. The van der Waals surface area contributed by atoms with Crippen LogP contribution in [0.5, 0.6) is 0 Å². The Kier molecular flexibility index (Phi) is 5.71. The fraction of sp³-hybridized carbons (Fsp3) is 0.312. The number of nitrogens with one attached hydrogen (secondary N) is 1. The number of benzene rings is 1. The van der Waals surface area contributed by atoms with E-state index in [1.165, 1.54) is 12.1 Å². The molecule has 118 valence electrons. The molecule has 1 aromatic rings. The largest absolute Gasteiger partial charge is 0.416 e. The second-order valence-electron chi connectivity index (χ2n) is 4.80. The zero-order chi connectivity index (χ0) is 16.0. The van der Waals surface area contributed by atoms with E-state index in [0.717, 1.165) is 36.6 Å². The van der Waals surface area contributed by atoms with Gasteiger partial charge < -0.3 is 5.32 Å². The van der Waals surface area contributed by atoms with Gasteiger partial charge in [0.15, 0.2) is 0 Å². The highest BCUT2D eigenvalue weighted by Gasteiger charge is 2.29. The van der Waals surface area contributed by atoms with E-state index in [2.05, 4.69) is 16.6 Å². The van der Waals surface area contributed by atoms with E-state index in [1.807, 2.05) is 12.2 Å². The molecule has 0 saturated heterocycles. The Morgan fingerprint density at radius 1 is 1.18 bits per heavy atom. The summed E-state index contributed by atoms with van der Waals surface area (Å²) in [5.41, 5.74) is 0.0861. The molecular formula is C16H17F3N2S. The van der Waals surface area contributed by atoms with E-state index < -0.39 is 11.7 Å². The van der Waals surface area contributed by atoms with Crippen molar-refractivity contribution in [1.82, 2.24) is 5.32 Å². The maximum absolute atomic E-state index is 12.4. The maximum atomic E-state index is 12.4. The number of amidine groups is 1. The van der Waals surface area contributed by atoms with Crippen LogP contribution in [0.4, 0.5) is 13.2 Å². The molecule has 1 aliphatic heterocycles. The van der Waals surface area contributed by atoms with Gasteiger partial charge in [-0.05, 0) is 30.0 Å². The molecule has 0 amide bonds. The van der Waals surface area contributed by atoms with E-state index in [-0.39, 0.29) is 0 Å². The normalized spacial score (nSPS) is 19.5. The van der Waals surface area contributed by atoms with Crippen LogP contribution in [0, 0.1) is 0 Å². The van der Waals surface area contributed by atoms with Crippen LogP contribution in [-0.2, 0) is 6.18 Å². The number of hydrogen-bond acceptors (Lipinski definition) is 3. The quantitative estimate of drug-likeness (QED) is 0.846. The summed E-state index contributed by atoms with van der Waals surface area (Å²) in [5.74, 6) is 0.836. The van der Waals surface area contributed by atoms with Crippen molar-refractivity contribution < 1.29 is 13.2 Å². The van der Waals surface area contributed by atoms with Gasteiger partial charge in [0.25, 0.3) is 0 Å². The zero-order valence-corrected chi connectivity index (χ0v) is 12.9. The van der Waals surface area contributed by atoms with Crippen LogP contribution in [0.3, 0.4) is 0 Å². The lowest BCUT2D eigenvalue weighted by molar-refractivity contribution is -0.137. The van der Waals surface area contributed by atoms with Gasteiger partial charge in [-0.3, -0.25) is 4.99 Å². The highest BCUT2D eigenvalue weighted by Crippen LogP contribution is 2.29. The minimum absolute atomic E-state index is 0.514. The standard InChI is InChI=1S/C16H17F3N2S/c1-22-14-10-20-15(21-11-14)5-3-2-4-12-6-8-13(9-7-12)16(17,18)19/h2-9,14H,10-11H2,1H3,(H,20,21)/b4-2+,5-3+. The summed E-state index contributed by atoms with van der Waals surface area (Å²) in [6.45, 7) is 1.70. The van der Waals surface area contributed by atoms with Crippen molar-refractivity contribution in [2.75, 3.05) is 19.3 Å². The molecule has 1 heterocycles. The minimum atomic E-state index is -4.29. The van der Waals surface area contributed by atoms with Crippen molar-refractivity contribution in [2.45, 2.75) is 11.4 Å². The van der Waals surface area contributed by atoms with E-state index in [4.69, 9.17) is 0 Å².